The first-order valence-corrected chi connectivity index (χ1v) is 18.1. The fourth-order valence-electron chi connectivity index (χ4n) is 7.99. The number of fused-ring (bicyclic) bond motifs is 9. The van der Waals surface area contributed by atoms with Crippen molar-refractivity contribution >= 4 is 11.8 Å². The molecule has 0 fully saturated rings. The largest absolute Gasteiger partial charge is 0.208 e. The van der Waals surface area contributed by atoms with Gasteiger partial charge in [0.15, 0.2) is 17.5 Å². The number of hydrogen-bond donors (Lipinski definition) is 0. The third kappa shape index (κ3) is 4.59. The van der Waals surface area contributed by atoms with Gasteiger partial charge in [0, 0.05) is 26.5 Å². The Hall–Kier alpha value is -6.61. The van der Waals surface area contributed by atoms with Gasteiger partial charge in [-0.3, -0.25) is 0 Å². The molecule has 0 saturated carbocycles. The molecule has 242 valence electrons. The van der Waals surface area contributed by atoms with Gasteiger partial charge in [-0.15, -0.1) is 0 Å². The third-order valence-electron chi connectivity index (χ3n) is 10.2. The predicted molar refractivity (Wildman–Crippen MR) is 208 cm³/mol. The van der Waals surface area contributed by atoms with E-state index in [0.29, 0.717) is 23.0 Å². The van der Waals surface area contributed by atoms with Crippen LogP contribution in [0.4, 0.5) is 0 Å². The molecule has 1 aliphatic heterocycles. The summed E-state index contributed by atoms with van der Waals surface area (Å²) in [6.07, 6.45) is 0. The van der Waals surface area contributed by atoms with Crippen molar-refractivity contribution in [3.63, 3.8) is 0 Å². The lowest BCUT2D eigenvalue weighted by Crippen LogP contribution is -2.31. The van der Waals surface area contributed by atoms with Gasteiger partial charge in [-0.1, -0.05) is 151 Å². The highest BCUT2D eigenvalue weighted by Crippen LogP contribution is 2.63. The molecular formula is C47H28N4S. The molecule has 0 radical (unpaired) electrons. The minimum Gasteiger partial charge on any atom is -0.208 e. The molecule has 52 heavy (non-hydrogen) atoms. The van der Waals surface area contributed by atoms with Crippen molar-refractivity contribution in [1.29, 1.82) is 5.26 Å². The summed E-state index contributed by atoms with van der Waals surface area (Å²) in [7, 11) is 0. The second-order valence-corrected chi connectivity index (χ2v) is 14.1. The third-order valence-corrected chi connectivity index (χ3v) is 11.4. The lowest BCUT2D eigenvalue weighted by molar-refractivity contribution is 0.722. The van der Waals surface area contributed by atoms with Gasteiger partial charge in [0.25, 0.3) is 0 Å². The van der Waals surface area contributed by atoms with E-state index in [0.717, 1.165) is 33.4 Å². The van der Waals surface area contributed by atoms with Gasteiger partial charge in [-0.25, -0.2) is 15.0 Å². The van der Waals surface area contributed by atoms with Crippen molar-refractivity contribution < 1.29 is 0 Å². The van der Waals surface area contributed by atoms with E-state index < -0.39 is 5.41 Å². The maximum atomic E-state index is 9.59. The number of aromatic nitrogens is 3. The van der Waals surface area contributed by atoms with E-state index in [-0.39, 0.29) is 0 Å². The molecule has 2 heterocycles. The van der Waals surface area contributed by atoms with Crippen LogP contribution < -0.4 is 0 Å². The summed E-state index contributed by atoms with van der Waals surface area (Å²) in [5.41, 5.74) is 12.4. The average Bonchev–Trinajstić information content (AvgIpc) is 3.51. The van der Waals surface area contributed by atoms with E-state index in [1.807, 2.05) is 84.6 Å². The van der Waals surface area contributed by atoms with Gasteiger partial charge in [-0.2, -0.15) is 5.26 Å². The minimum absolute atomic E-state index is 0.534. The second kappa shape index (κ2) is 12.0. The van der Waals surface area contributed by atoms with Crippen molar-refractivity contribution in [3.05, 3.63) is 198 Å². The number of nitriles is 1. The first-order valence-electron chi connectivity index (χ1n) is 17.3. The standard InChI is InChI=1S/C47H28N4S/c48-29-30-22-24-31(25-23-30)35-16-11-19-40-43(35)36-28-34(46-50-44(32-12-3-1-4-13-32)49-45(51-46)33-14-5-2-6-15-33)26-27-37(36)47(40)38-17-7-9-20-41(38)52-42-21-10-8-18-39(42)47/h1-28H. The van der Waals surface area contributed by atoms with E-state index in [1.54, 1.807) is 0 Å². The van der Waals surface area contributed by atoms with Crippen LogP contribution in [0, 0.1) is 11.3 Å². The second-order valence-electron chi connectivity index (χ2n) is 13.1. The molecule has 5 heteroatoms. The predicted octanol–water partition coefficient (Wildman–Crippen LogP) is 11.2. The van der Waals surface area contributed by atoms with E-state index in [9.17, 15) is 5.26 Å². The Morgan fingerprint density at radius 1 is 0.423 bits per heavy atom. The van der Waals surface area contributed by atoms with Crippen molar-refractivity contribution in [2.24, 2.45) is 0 Å². The van der Waals surface area contributed by atoms with Crippen LogP contribution in [0.25, 0.3) is 56.4 Å². The van der Waals surface area contributed by atoms with Crippen molar-refractivity contribution in [2.75, 3.05) is 0 Å². The van der Waals surface area contributed by atoms with Crippen molar-refractivity contribution in [2.45, 2.75) is 15.2 Å². The first kappa shape index (κ1) is 30.2. The van der Waals surface area contributed by atoms with Gasteiger partial charge in [0.1, 0.15) is 0 Å². The molecule has 7 aromatic carbocycles. The molecule has 0 N–H and O–H groups in total. The SMILES string of the molecule is N#Cc1ccc(-c2cccc3c2-c2cc(-c4nc(-c5ccccc5)nc(-c5ccccc5)n4)ccc2C32c3ccccc3Sc3ccccc32)cc1. The smallest absolute Gasteiger partial charge is 0.164 e. The fraction of sp³-hybridized carbons (Fsp3) is 0.0213. The number of hydrogen-bond acceptors (Lipinski definition) is 5. The molecule has 0 atom stereocenters. The van der Waals surface area contributed by atoms with E-state index in [4.69, 9.17) is 15.0 Å². The van der Waals surface area contributed by atoms with Crippen LogP contribution in [0.2, 0.25) is 0 Å². The summed E-state index contributed by atoms with van der Waals surface area (Å²) in [6.45, 7) is 0. The number of benzene rings is 7. The van der Waals surface area contributed by atoms with Crippen LogP contribution in [0.1, 0.15) is 27.8 Å². The van der Waals surface area contributed by atoms with Gasteiger partial charge in [-0.05, 0) is 74.8 Å². The molecule has 1 spiro atoms. The molecule has 10 rings (SSSR count). The lowest BCUT2D eigenvalue weighted by atomic mass is 9.67. The molecule has 2 aliphatic rings. The molecule has 0 amide bonds. The van der Waals surface area contributed by atoms with Crippen LogP contribution in [-0.4, -0.2) is 15.0 Å². The van der Waals surface area contributed by atoms with Crippen LogP contribution in [0.5, 0.6) is 0 Å². The maximum Gasteiger partial charge on any atom is 0.164 e. The van der Waals surface area contributed by atoms with Gasteiger partial charge in [0.05, 0.1) is 17.0 Å². The first-order chi connectivity index (χ1) is 25.7. The van der Waals surface area contributed by atoms with E-state index >= 15 is 0 Å². The van der Waals surface area contributed by atoms with Crippen molar-refractivity contribution in [3.8, 4) is 62.5 Å². The Kier molecular flexibility index (Phi) is 6.99. The fourth-order valence-corrected chi connectivity index (χ4v) is 9.19. The summed E-state index contributed by atoms with van der Waals surface area (Å²) in [6, 6.07) is 61.5. The summed E-state index contributed by atoms with van der Waals surface area (Å²) >= 11 is 1.84. The zero-order chi connectivity index (χ0) is 34.6. The molecule has 4 nitrogen and oxygen atoms in total. The van der Waals surface area contributed by atoms with Crippen LogP contribution >= 0.6 is 11.8 Å². The van der Waals surface area contributed by atoms with E-state index in [2.05, 4.69) is 103 Å². The lowest BCUT2D eigenvalue weighted by Gasteiger charge is -2.39. The highest BCUT2D eigenvalue weighted by atomic mass is 32.2. The Morgan fingerprint density at radius 3 is 1.54 bits per heavy atom. The topological polar surface area (TPSA) is 62.5 Å². The molecule has 0 bridgehead atoms. The molecule has 1 aromatic heterocycles. The van der Waals surface area contributed by atoms with E-state index in [1.165, 1.54) is 37.6 Å². The normalized spacial score (nSPS) is 13.1. The molecule has 8 aromatic rings. The highest BCUT2D eigenvalue weighted by Gasteiger charge is 2.50. The zero-order valence-corrected chi connectivity index (χ0v) is 28.7. The molecule has 0 saturated heterocycles. The highest BCUT2D eigenvalue weighted by molar-refractivity contribution is 7.99. The van der Waals surface area contributed by atoms with Gasteiger partial charge in [0.2, 0.25) is 0 Å². The van der Waals surface area contributed by atoms with Gasteiger partial charge < -0.3 is 0 Å². The Bertz CT molecular complexity index is 2610. The quantitative estimate of drug-likeness (QED) is 0.185. The van der Waals surface area contributed by atoms with Crippen molar-refractivity contribution in [1.82, 2.24) is 15.0 Å². The number of rotatable bonds is 4. The average molecular weight is 681 g/mol. The zero-order valence-electron chi connectivity index (χ0n) is 27.9. The number of nitrogens with zero attached hydrogens (tertiary/aromatic N) is 4. The van der Waals surface area contributed by atoms with Crippen LogP contribution in [0.15, 0.2) is 180 Å². The summed E-state index contributed by atoms with van der Waals surface area (Å²) in [5.74, 6) is 1.88. The summed E-state index contributed by atoms with van der Waals surface area (Å²) in [5, 5.41) is 9.59. The maximum absolute atomic E-state index is 9.59. The minimum atomic E-state index is -0.534. The molecule has 1 aliphatic carbocycles. The molecular weight excluding hydrogens is 653 g/mol. The van der Waals surface area contributed by atoms with Crippen LogP contribution in [0.3, 0.4) is 0 Å². The summed E-state index contributed by atoms with van der Waals surface area (Å²) < 4.78 is 0. The Labute approximate surface area is 306 Å². The molecule has 0 unspecified atom stereocenters. The van der Waals surface area contributed by atoms with Crippen LogP contribution in [-0.2, 0) is 5.41 Å². The Morgan fingerprint density at radius 2 is 0.942 bits per heavy atom. The summed E-state index contributed by atoms with van der Waals surface area (Å²) in [4.78, 5) is 17.7. The Balaban J connectivity index is 1.27. The monoisotopic (exact) mass is 680 g/mol. The van der Waals surface area contributed by atoms with Gasteiger partial charge >= 0.3 is 0 Å².